The second kappa shape index (κ2) is 8.60. The second-order valence-corrected chi connectivity index (χ2v) is 7.45. The molecule has 1 fully saturated rings. The van der Waals surface area contributed by atoms with Crippen molar-refractivity contribution in [2.24, 2.45) is 0 Å². The number of ether oxygens (including phenoxy) is 1. The molecule has 1 aliphatic heterocycles. The predicted molar refractivity (Wildman–Crippen MR) is 109 cm³/mol. The third-order valence-corrected chi connectivity index (χ3v) is 5.42. The number of piperidine rings is 1. The average Bonchev–Trinajstić information content (AvgIpc) is 2.74. The smallest absolute Gasteiger partial charge is 0.222 e. The number of carbonyl (C=O) groups excluding carboxylic acids is 1. The molecule has 3 aromatic rings. The van der Waals surface area contributed by atoms with Gasteiger partial charge in [-0.3, -0.25) is 4.79 Å². The highest BCUT2D eigenvalue weighted by Gasteiger charge is 2.24. The number of nitrogens with zero attached hydrogens (tertiary/aromatic N) is 1. The number of halogens is 2. The Hall–Kier alpha value is -2.95. The molecule has 29 heavy (non-hydrogen) atoms. The standard InChI is InChI=1S/C24H23F2NO2/c25-20-8-9-23(22(26)16-20)29-21-11-13-27(14-12-21)24(28)10-6-17-5-7-18-3-1-2-4-19(18)15-17/h1-5,7-9,15-16,21H,6,10-14H2. The molecule has 3 aromatic carbocycles. The fraction of sp³-hybridized carbons (Fsp3) is 0.292. The van der Waals surface area contributed by atoms with Gasteiger partial charge in [0.05, 0.1) is 0 Å². The van der Waals surface area contributed by atoms with Crippen LogP contribution in [0.5, 0.6) is 5.75 Å². The van der Waals surface area contributed by atoms with Gasteiger partial charge < -0.3 is 9.64 Å². The van der Waals surface area contributed by atoms with Crippen LogP contribution in [0, 0.1) is 11.6 Å². The summed E-state index contributed by atoms with van der Waals surface area (Å²) >= 11 is 0. The number of benzene rings is 3. The summed E-state index contributed by atoms with van der Waals surface area (Å²) in [5.41, 5.74) is 1.15. The Morgan fingerprint density at radius 2 is 1.72 bits per heavy atom. The largest absolute Gasteiger partial charge is 0.487 e. The molecular weight excluding hydrogens is 372 g/mol. The van der Waals surface area contributed by atoms with E-state index >= 15 is 0 Å². The Labute approximate surface area is 168 Å². The Kier molecular flexibility index (Phi) is 5.74. The lowest BCUT2D eigenvalue weighted by molar-refractivity contribution is -0.132. The number of hydrogen-bond acceptors (Lipinski definition) is 2. The highest BCUT2D eigenvalue weighted by Crippen LogP contribution is 2.23. The fourth-order valence-corrected chi connectivity index (χ4v) is 3.78. The van der Waals surface area contributed by atoms with Gasteiger partial charge in [-0.2, -0.15) is 0 Å². The summed E-state index contributed by atoms with van der Waals surface area (Å²) < 4.78 is 32.4. The van der Waals surface area contributed by atoms with Gasteiger partial charge in [0.2, 0.25) is 5.91 Å². The maximum absolute atomic E-state index is 13.7. The third-order valence-electron chi connectivity index (χ3n) is 5.42. The number of amides is 1. The van der Waals surface area contributed by atoms with Crippen LogP contribution < -0.4 is 4.74 Å². The van der Waals surface area contributed by atoms with Gasteiger partial charge in [0.15, 0.2) is 11.6 Å². The second-order valence-electron chi connectivity index (χ2n) is 7.45. The lowest BCUT2D eigenvalue weighted by atomic mass is 10.0. The topological polar surface area (TPSA) is 29.5 Å². The lowest BCUT2D eigenvalue weighted by Gasteiger charge is -2.32. The molecule has 0 unspecified atom stereocenters. The van der Waals surface area contributed by atoms with Crippen LogP contribution in [0.1, 0.15) is 24.8 Å². The normalized spacial score (nSPS) is 14.9. The van der Waals surface area contributed by atoms with Crippen LogP contribution in [0.15, 0.2) is 60.7 Å². The Morgan fingerprint density at radius 3 is 2.48 bits per heavy atom. The van der Waals surface area contributed by atoms with Crippen molar-refractivity contribution in [3.05, 3.63) is 77.9 Å². The Bertz CT molecular complexity index is 1010. The molecule has 3 nitrogen and oxygen atoms in total. The maximum Gasteiger partial charge on any atom is 0.222 e. The molecule has 0 saturated carbocycles. The summed E-state index contributed by atoms with van der Waals surface area (Å²) in [6.07, 6.45) is 2.29. The van der Waals surface area contributed by atoms with Crippen molar-refractivity contribution in [3.8, 4) is 5.75 Å². The first-order chi connectivity index (χ1) is 14.1. The van der Waals surface area contributed by atoms with Crippen molar-refractivity contribution in [1.29, 1.82) is 0 Å². The summed E-state index contributed by atoms with van der Waals surface area (Å²) in [6.45, 7) is 1.17. The average molecular weight is 395 g/mol. The Morgan fingerprint density at radius 1 is 0.966 bits per heavy atom. The molecule has 1 heterocycles. The van der Waals surface area contributed by atoms with Crippen molar-refractivity contribution in [2.45, 2.75) is 31.8 Å². The van der Waals surface area contributed by atoms with Gasteiger partial charge in [0.1, 0.15) is 11.9 Å². The zero-order valence-electron chi connectivity index (χ0n) is 16.1. The molecule has 0 atom stereocenters. The molecule has 1 amide bonds. The summed E-state index contributed by atoms with van der Waals surface area (Å²) in [4.78, 5) is 14.4. The van der Waals surface area contributed by atoms with Crippen molar-refractivity contribution < 1.29 is 18.3 Å². The van der Waals surface area contributed by atoms with E-state index in [1.54, 1.807) is 0 Å². The summed E-state index contributed by atoms with van der Waals surface area (Å²) in [7, 11) is 0. The van der Waals surface area contributed by atoms with E-state index in [4.69, 9.17) is 4.74 Å². The van der Waals surface area contributed by atoms with Crippen LogP contribution in [0.2, 0.25) is 0 Å². The molecule has 5 heteroatoms. The molecule has 0 radical (unpaired) electrons. The highest BCUT2D eigenvalue weighted by atomic mass is 19.1. The molecule has 4 rings (SSSR count). The van der Waals surface area contributed by atoms with Gasteiger partial charge >= 0.3 is 0 Å². The number of aryl methyl sites for hydroxylation is 1. The van der Waals surface area contributed by atoms with E-state index in [1.165, 1.54) is 22.9 Å². The van der Waals surface area contributed by atoms with Crippen LogP contribution in [-0.4, -0.2) is 30.0 Å². The van der Waals surface area contributed by atoms with Crippen molar-refractivity contribution in [1.82, 2.24) is 4.90 Å². The summed E-state index contributed by atoms with van der Waals surface area (Å²) in [5.74, 6) is -1.13. The number of carbonyl (C=O) groups is 1. The van der Waals surface area contributed by atoms with Crippen molar-refractivity contribution >= 4 is 16.7 Å². The lowest BCUT2D eigenvalue weighted by Crippen LogP contribution is -2.41. The monoisotopic (exact) mass is 395 g/mol. The minimum Gasteiger partial charge on any atom is -0.487 e. The van der Waals surface area contributed by atoms with Crippen LogP contribution in [0.25, 0.3) is 10.8 Å². The molecule has 0 bridgehead atoms. The molecule has 0 spiro atoms. The van der Waals surface area contributed by atoms with Gasteiger partial charge in [-0.1, -0.05) is 42.5 Å². The Balaban J connectivity index is 1.27. The maximum atomic E-state index is 13.7. The van der Waals surface area contributed by atoms with Gasteiger partial charge in [-0.25, -0.2) is 8.78 Å². The SMILES string of the molecule is O=C(CCc1ccc2ccccc2c1)N1CCC(Oc2ccc(F)cc2F)CC1. The van der Waals surface area contributed by atoms with Crippen molar-refractivity contribution in [2.75, 3.05) is 13.1 Å². The van der Waals surface area contributed by atoms with Crippen LogP contribution in [0.4, 0.5) is 8.78 Å². The summed E-state index contributed by atoms with van der Waals surface area (Å²) in [5, 5.41) is 2.38. The van der Waals surface area contributed by atoms with Gasteiger partial charge in [0.25, 0.3) is 0 Å². The number of hydrogen-bond donors (Lipinski definition) is 0. The fourth-order valence-electron chi connectivity index (χ4n) is 3.78. The minimum atomic E-state index is -0.695. The number of likely N-dealkylation sites (tertiary alicyclic amines) is 1. The zero-order valence-corrected chi connectivity index (χ0v) is 16.1. The first kappa shape index (κ1) is 19.4. The van der Waals surface area contributed by atoms with E-state index in [-0.39, 0.29) is 17.8 Å². The van der Waals surface area contributed by atoms with Gasteiger partial charge in [0, 0.05) is 38.4 Å². The minimum absolute atomic E-state index is 0.0625. The summed E-state index contributed by atoms with van der Waals surface area (Å²) in [6, 6.07) is 17.8. The van der Waals surface area contributed by atoms with Crippen LogP contribution in [0.3, 0.4) is 0 Å². The highest BCUT2D eigenvalue weighted by molar-refractivity contribution is 5.83. The van der Waals surface area contributed by atoms with E-state index in [9.17, 15) is 13.6 Å². The molecule has 1 saturated heterocycles. The van der Waals surface area contributed by atoms with E-state index in [1.807, 2.05) is 17.0 Å². The van der Waals surface area contributed by atoms with E-state index in [2.05, 4.69) is 30.3 Å². The predicted octanol–water partition coefficient (Wildman–Crippen LogP) is 5.12. The first-order valence-corrected chi connectivity index (χ1v) is 9.95. The number of fused-ring (bicyclic) bond motifs is 1. The molecule has 0 aliphatic carbocycles. The number of rotatable bonds is 5. The van der Waals surface area contributed by atoms with E-state index < -0.39 is 11.6 Å². The molecular formula is C24H23F2NO2. The quantitative estimate of drug-likeness (QED) is 0.600. The molecule has 1 aliphatic rings. The zero-order chi connectivity index (χ0) is 20.2. The van der Waals surface area contributed by atoms with Crippen LogP contribution in [-0.2, 0) is 11.2 Å². The van der Waals surface area contributed by atoms with Gasteiger partial charge in [-0.15, -0.1) is 0 Å². The molecule has 150 valence electrons. The first-order valence-electron chi connectivity index (χ1n) is 9.95. The van der Waals surface area contributed by atoms with E-state index in [0.717, 1.165) is 11.6 Å². The van der Waals surface area contributed by atoms with Crippen LogP contribution >= 0.6 is 0 Å². The van der Waals surface area contributed by atoms with Crippen molar-refractivity contribution in [3.63, 3.8) is 0 Å². The van der Waals surface area contributed by atoms with E-state index in [0.29, 0.717) is 38.8 Å². The van der Waals surface area contributed by atoms with Gasteiger partial charge in [-0.05, 0) is 34.9 Å². The molecule has 0 aromatic heterocycles. The third kappa shape index (κ3) is 4.73. The molecule has 0 N–H and O–H groups in total.